The van der Waals surface area contributed by atoms with Crippen molar-refractivity contribution in [2.45, 2.75) is 39.7 Å². The number of rotatable bonds is 8. The first-order chi connectivity index (χ1) is 14.4. The van der Waals surface area contributed by atoms with Gasteiger partial charge in [-0.3, -0.25) is 9.59 Å². The quantitative estimate of drug-likeness (QED) is 0.713. The molecule has 0 atom stereocenters. The molecule has 2 aromatic carbocycles. The Hall–Kier alpha value is -3.02. The van der Waals surface area contributed by atoms with Crippen LogP contribution in [0, 0.1) is 0 Å². The predicted octanol–water partition coefficient (Wildman–Crippen LogP) is 3.96. The molecule has 2 aromatic rings. The maximum atomic E-state index is 12.1. The van der Waals surface area contributed by atoms with E-state index in [-0.39, 0.29) is 12.3 Å². The molecule has 1 heterocycles. The molecule has 1 fully saturated rings. The predicted molar refractivity (Wildman–Crippen MR) is 118 cm³/mol. The van der Waals surface area contributed by atoms with E-state index >= 15 is 0 Å². The monoisotopic (exact) mass is 410 g/mol. The van der Waals surface area contributed by atoms with E-state index in [1.54, 1.807) is 25.0 Å². The Morgan fingerprint density at radius 3 is 2.43 bits per heavy atom. The first kappa shape index (κ1) is 21.7. The molecule has 0 aromatic heterocycles. The number of carbonyl (C=O) groups is 2. The van der Waals surface area contributed by atoms with E-state index in [0.29, 0.717) is 24.4 Å². The van der Waals surface area contributed by atoms with Gasteiger partial charge in [-0.25, -0.2) is 0 Å². The summed E-state index contributed by atoms with van der Waals surface area (Å²) in [7, 11) is 1.61. The van der Waals surface area contributed by atoms with Crippen molar-refractivity contribution in [3.05, 3.63) is 47.5 Å². The molecule has 6 nitrogen and oxygen atoms in total. The molecule has 0 radical (unpaired) electrons. The Labute approximate surface area is 178 Å². The largest absolute Gasteiger partial charge is 0.496 e. The zero-order chi connectivity index (χ0) is 21.7. The van der Waals surface area contributed by atoms with E-state index in [1.165, 1.54) is 12.8 Å². The van der Waals surface area contributed by atoms with Crippen LogP contribution in [0.15, 0.2) is 36.4 Å². The van der Waals surface area contributed by atoms with Crippen LogP contribution in [0.25, 0.3) is 11.1 Å². The summed E-state index contributed by atoms with van der Waals surface area (Å²) in [4.78, 5) is 27.5. The summed E-state index contributed by atoms with van der Waals surface area (Å²) in [6.45, 7) is 6.76. The lowest BCUT2D eigenvalue weighted by Crippen LogP contribution is -2.28. The Morgan fingerprint density at radius 1 is 1.10 bits per heavy atom. The summed E-state index contributed by atoms with van der Waals surface area (Å²) in [5.74, 6) is -0.156. The van der Waals surface area contributed by atoms with Gasteiger partial charge in [0.2, 0.25) is 5.91 Å². The molecule has 0 unspecified atom stereocenters. The summed E-state index contributed by atoms with van der Waals surface area (Å²) in [6, 6.07) is 11.8. The number of anilines is 1. The Bertz CT molecular complexity index is 919. The summed E-state index contributed by atoms with van der Waals surface area (Å²) < 4.78 is 5.59. The van der Waals surface area contributed by atoms with Crippen LogP contribution in [-0.2, 0) is 22.6 Å². The molecule has 160 valence electrons. The molecule has 0 aliphatic carbocycles. The molecule has 1 N–H and O–H groups in total. The average molecular weight is 411 g/mol. The molecule has 1 amide bonds. The highest BCUT2D eigenvalue weighted by Gasteiger charge is 2.19. The summed E-state index contributed by atoms with van der Waals surface area (Å²) >= 11 is 0. The average Bonchev–Trinajstić information content (AvgIpc) is 3.26. The minimum atomic E-state index is -0.871. The molecule has 1 aliphatic heterocycles. The summed E-state index contributed by atoms with van der Waals surface area (Å²) in [5.41, 5.74) is 4.71. The molecule has 0 bridgehead atoms. The second kappa shape index (κ2) is 9.65. The van der Waals surface area contributed by atoms with Gasteiger partial charge in [-0.1, -0.05) is 12.1 Å². The minimum absolute atomic E-state index is 0.0293. The first-order valence-electron chi connectivity index (χ1n) is 10.5. The third kappa shape index (κ3) is 4.93. The summed E-state index contributed by atoms with van der Waals surface area (Å²) in [5, 5.41) is 9.20. The minimum Gasteiger partial charge on any atom is -0.496 e. The van der Waals surface area contributed by atoms with Gasteiger partial charge >= 0.3 is 5.97 Å². The van der Waals surface area contributed by atoms with Crippen molar-refractivity contribution in [2.75, 3.05) is 31.6 Å². The lowest BCUT2D eigenvalue weighted by Gasteiger charge is -2.25. The van der Waals surface area contributed by atoms with Gasteiger partial charge in [0, 0.05) is 44.4 Å². The topological polar surface area (TPSA) is 70.1 Å². The zero-order valence-corrected chi connectivity index (χ0v) is 18.0. The number of carbonyl (C=O) groups excluding carboxylic acids is 1. The van der Waals surface area contributed by atoms with E-state index in [9.17, 15) is 14.7 Å². The van der Waals surface area contributed by atoms with Gasteiger partial charge in [-0.2, -0.15) is 0 Å². The first-order valence-corrected chi connectivity index (χ1v) is 10.5. The molecule has 0 spiro atoms. The van der Waals surface area contributed by atoms with E-state index in [2.05, 4.69) is 23.1 Å². The summed E-state index contributed by atoms with van der Waals surface area (Å²) in [6.07, 6.45) is 2.33. The highest BCUT2D eigenvalue weighted by Crippen LogP contribution is 2.36. The number of hydrogen-bond acceptors (Lipinski definition) is 4. The fourth-order valence-corrected chi connectivity index (χ4v) is 4.05. The van der Waals surface area contributed by atoms with Crippen LogP contribution < -0.4 is 9.64 Å². The van der Waals surface area contributed by atoms with Crippen LogP contribution in [0.3, 0.4) is 0 Å². The number of methoxy groups -OCH3 is 1. The molecule has 1 saturated heterocycles. The molecule has 1 aliphatic rings. The number of benzene rings is 2. The number of ether oxygens (including phenoxy) is 1. The van der Waals surface area contributed by atoms with Gasteiger partial charge in [0.25, 0.3) is 0 Å². The van der Waals surface area contributed by atoms with Crippen molar-refractivity contribution in [2.24, 2.45) is 0 Å². The van der Waals surface area contributed by atoms with Crippen molar-refractivity contribution in [3.8, 4) is 16.9 Å². The second-order valence-corrected chi connectivity index (χ2v) is 7.67. The van der Waals surface area contributed by atoms with Crippen LogP contribution in [0.1, 0.15) is 37.8 Å². The number of carboxylic acids is 1. The van der Waals surface area contributed by atoms with Crippen molar-refractivity contribution in [1.82, 2.24) is 4.90 Å². The SMILES string of the molecule is CCN(Cc1cc(N2CCCC2)ccc1-c1cc(CC(=O)O)ccc1OC)C(C)=O. The normalized spacial score (nSPS) is 13.4. The standard InChI is InChI=1S/C24H30N2O4/c1-4-25(17(2)27)16-19-15-20(26-11-5-6-12-26)8-9-21(19)22-13-18(14-24(28)29)7-10-23(22)30-3/h7-10,13,15H,4-6,11-12,14,16H2,1-3H3,(H,28,29). The second-order valence-electron chi connectivity index (χ2n) is 7.67. The van der Waals surface area contributed by atoms with E-state index in [4.69, 9.17) is 4.74 Å². The van der Waals surface area contributed by atoms with Crippen molar-refractivity contribution >= 4 is 17.6 Å². The fraction of sp³-hybridized carbons (Fsp3) is 0.417. The van der Waals surface area contributed by atoms with Crippen LogP contribution in [0.4, 0.5) is 5.69 Å². The van der Waals surface area contributed by atoms with Crippen LogP contribution in [-0.4, -0.2) is 48.6 Å². The molecule has 0 saturated carbocycles. The van der Waals surface area contributed by atoms with Gasteiger partial charge in [0.05, 0.1) is 13.5 Å². The number of aliphatic carboxylic acids is 1. The maximum absolute atomic E-state index is 12.1. The van der Waals surface area contributed by atoms with Crippen molar-refractivity contribution in [1.29, 1.82) is 0 Å². The van der Waals surface area contributed by atoms with Crippen LogP contribution in [0.5, 0.6) is 5.75 Å². The van der Waals surface area contributed by atoms with Crippen LogP contribution in [0.2, 0.25) is 0 Å². The fourth-order valence-electron chi connectivity index (χ4n) is 4.05. The van der Waals surface area contributed by atoms with Crippen molar-refractivity contribution in [3.63, 3.8) is 0 Å². The molecular formula is C24H30N2O4. The molecule has 3 rings (SSSR count). The van der Waals surface area contributed by atoms with Crippen molar-refractivity contribution < 1.29 is 19.4 Å². The van der Waals surface area contributed by atoms with Gasteiger partial charge in [-0.05, 0) is 60.7 Å². The molecular weight excluding hydrogens is 380 g/mol. The Kier molecular flexibility index (Phi) is 6.98. The smallest absolute Gasteiger partial charge is 0.307 e. The third-order valence-corrected chi connectivity index (χ3v) is 5.66. The Balaban J connectivity index is 2.10. The third-order valence-electron chi connectivity index (χ3n) is 5.66. The lowest BCUT2D eigenvalue weighted by atomic mass is 9.95. The maximum Gasteiger partial charge on any atom is 0.307 e. The molecule has 6 heteroatoms. The van der Waals surface area contributed by atoms with Gasteiger partial charge in [-0.15, -0.1) is 0 Å². The highest BCUT2D eigenvalue weighted by molar-refractivity contribution is 5.79. The van der Waals surface area contributed by atoms with Gasteiger partial charge in [0.15, 0.2) is 0 Å². The number of nitrogens with zero attached hydrogens (tertiary/aromatic N) is 2. The van der Waals surface area contributed by atoms with E-state index < -0.39 is 5.97 Å². The number of amides is 1. The molecule has 30 heavy (non-hydrogen) atoms. The number of carboxylic acid groups (broad SMARTS) is 1. The highest BCUT2D eigenvalue weighted by atomic mass is 16.5. The van der Waals surface area contributed by atoms with E-state index in [1.807, 2.05) is 19.1 Å². The van der Waals surface area contributed by atoms with Crippen LogP contribution >= 0.6 is 0 Å². The van der Waals surface area contributed by atoms with E-state index in [0.717, 1.165) is 35.5 Å². The van der Waals surface area contributed by atoms with Gasteiger partial charge in [0.1, 0.15) is 5.75 Å². The Morgan fingerprint density at radius 2 is 1.83 bits per heavy atom. The zero-order valence-electron chi connectivity index (χ0n) is 18.0. The number of hydrogen-bond donors (Lipinski definition) is 1. The van der Waals surface area contributed by atoms with Gasteiger partial charge < -0.3 is 19.6 Å². The lowest BCUT2D eigenvalue weighted by molar-refractivity contribution is -0.136.